The highest BCUT2D eigenvalue weighted by atomic mass is 32.2. The van der Waals surface area contributed by atoms with Crippen LogP contribution in [0.4, 0.5) is 0 Å². The SMILES string of the molecule is COc1ccccc1-c1nnc2n1NC(c1ccc(C)cc1)=CS2. The zero-order valence-electron chi connectivity index (χ0n) is 13.4. The monoisotopic (exact) mass is 336 g/mol. The van der Waals surface area contributed by atoms with Crippen LogP contribution in [0.1, 0.15) is 11.1 Å². The topological polar surface area (TPSA) is 52.0 Å². The van der Waals surface area contributed by atoms with Crippen LogP contribution in [0.15, 0.2) is 59.1 Å². The first kappa shape index (κ1) is 14.8. The Kier molecular flexibility index (Phi) is 3.74. The summed E-state index contributed by atoms with van der Waals surface area (Å²) < 4.78 is 7.36. The molecule has 4 rings (SSSR count). The van der Waals surface area contributed by atoms with Crippen LogP contribution in [0.5, 0.6) is 5.75 Å². The fourth-order valence-corrected chi connectivity index (χ4v) is 3.31. The van der Waals surface area contributed by atoms with E-state index in [2.05, 4.69) is 52.2 Å². The third-order valence-electron chi connectivity index (χ3n) is 3.86. The van der Waals surface area contributed by atoms with Gasteiger partial charge in [0.1, 0.15) is 5.75 Å². The summed E-state index contributed by atoms with van der Waals surface area (Å²) in [6.45, 7) is 2.08. The second-order valence-corrected chi connectivity index (χ2v) is 6.31. The number of methoxy groups -OCH3 is 1. The summed E-state index contributed by atoms with van der Waals surface area (Å²) in [6.07, 6.45) is 0. The lowest BCUT2D eigenvalue weighted by molar-refractivity contribution is 0.416. The fraction of sp³-hybridized carbons (Fsp3) is 0.111. The third-order valence-corrected chi connectivity index (χ3v) is 4.69. The van der Waals surface area contributed by atoms with Gasteiger partial charge in [0.2, 0.25) is 5.16 Å². The van der Waals surface area contributed by atoms with E-state index in [4.69, 9.17) is 4.74 Å². The highest BCUT2D eigenvalue weighted by Crippen LogP contribution is 2.34. The minimum atomic E-state index is 0.729. The van der Waals surface area contributed by atoms with Crippen LogP contribution in [0.3, 0.4) is 0 Å². The van der Waals surface area contributed by atoms with Gasteiger partial charge in [0, 0.05) is 5.41 Å². The van der Waals surface area contributed by atoms with Gasteiger partial charge in [-0.2, -0.15) is 0 Å². The maximum Gasteiger partial charge on any atom is 0.214 e. The summed E-state index contributed by atoms with van der Waals surface area (Å²) in [5.74, 6) is 1.50. The number of aryl methyl sites for hydroxylation is 1. The van der Waals surface area contributed by atoms with Gasteiger partial charge in [-0.15, -0.1) is 10.2 Å². The molecule has 1 aromatic heterocycles. The number of nitrogens with one attached hydrogen (secondary N) is 1. The number of benzene rings is 2. The average Bonchev–Trinajstić information content (AvgIpc) is 3.05. The van der Waals surface area contributed by atoms with Crippen LogP contribution in [0, 0.1) is 6.92 Å². The molecule has 0 radical (unpaired) electrons. The molecule has 120 valence electrons. The molecule has 0 atom stereocenters. The molecule has 1 aliphatic heterocycles. The molecule has 0 saturated carbocycles. The number of hydrogen-bond acceptors (Lipinski definition) is 5. The summed E-state index contributed by atoms with van der Waals surface area (Å²) in [7, 11) is 1.66. The number of aromatic nitrogens is 3. The van der Waals surface area contributed by atoms with Crippen molar-refractivity contribution in [1.29, 1.82) is 0 Å². The minimum Gasteiger partial charge on any atom is -0.496 e. The van der Waals surface area contributed by atoms with Gasteiger partial charge in [-0.1, -0.05) is 53.7 Å². The van der Waals surface area contributed by atoms with Gasteiger partial charge >= 0.3 is 0 Å². The van der Waals surface area contributed by atoms with E-state index < -0.39 is 0 Å². The van der Waals surface area contributed by atoms with Crippen molar-refractivity contribution in [2.45, 2.75) is 12.1 Å². The Labute approximate surface area is 144 Å². The Balaban J connectivity index is 1.73. The lowest BCUT2D eigenvalue weighted by atomic mass is 10.1. The molecular formula is C18H16N4OS. The van der Waals surface area contributed by atoms with Crippen molar-refractivity contribution in [3.8, 4) is 17.1 Å². The van der Waals surface area contributed by atoms with Gasteiger partial charge in [-0.25, -0.2) is 4.68 Å². The molecule has 0 saturated heterocycles. The smallest absolute Gasteiger partial charge is 0.214 e. The zero-order chi connectivity index (χ0) is 16.5. The van der Waals surface area contributed by atoms with E-state index in [0.717, 1.165) is 33.6 Å². The number of nitrogens with zero attached hydrogens (tertiary/aromatic N) is 3. The van der Waals surface area contributed by atoms with Crippen molar-refractivity contribution in [2.75, 3.05) is 12.5 Å². The van der Waals surface area contributed by atoms with E-state index in [9.17, 15) is 0 Å². The summed E-state index contributed by atoms with van der Waals surface area (Å²) >= 11 is 1.55. The molecule has 6 heteroatoms. The fourth-order valence-electron chi connectivity index (χ4n) is 2.58. The number of rotatable bonds is 3. The Morgan fingerprint density at radius 1 is 1.04 bits per heavy atom. The van der Waals surface area contributed by atoms with Gasteiger partial charge < -0.3 is 4.74 Å². The van der Waals surface area contributed by atoms with Crippen molar-refractivity contribution >= 4 is 17.5 Å². The maximum atomic E-state index is 5.45. The molecule has 2 heterocycles. The molecule has 1 aliphatic rings. The Hall–Kier alpha value is -2.73. The van der Waals surface area contributed by atoms with E-state index in [-0.39, 0.29) is 0 Å². The third kappa shape index (κ3) is 2.55. The zero-order valence-corrected chi connectivity index (χ0v) is 14.2. The van der Waals surface area contributed by atoms with Crippen LogP contribution in [0.2, 0.25) is 0 Å². The van der Waals surface area contributed by atoms with Crippen LogP contribution in [0.25, 0.3) is 17.1 Å². The molecule has 1 N–H and O–H groups in total. The first-order valence-corrected chi connectivity index (χ1v) is 8.44. The molecule has 0 aliphatic carbocycles. The van der Waals surface area contributed by atoms with Crippen molar-refractivity contribution < 1.29 is 4.74 Å². The van der Waals surface area contributed by atoms with Gasteiger partial charge in [-0.05, 0) is 24.6 Å². The molecule has 2 aromatic carbocycles. The van der Waals surface area contributed by atoms with E-state index in [1.54, 1.807) is 18.9 Å². The van der Waals surface area contributed by atoms with Gasteiger partial charge in [0.25, 0.3) is 0 Å². The average molecular weight is 336 g/mol. The first-order chi connectivity index (χ1) is 11.8. The van der Waals surface area contributed by atoms with Crippen molar-refractivity contribution in [1.82, 2.24) is 14.9 Å². The van der Waals surface area contributed by atoms with E-state index in [1.165, 1.54) is 5.56 Å². The summed E-state index contributed by atoms with van der Waals surface area (Å²) in [4.78, 5) is 0. The molecule has 0 fully saturated rings. The summed E-state index contributed by atoms with van der Waals surface area (Å²) in [5, 5.41) is 11.5. The number of thioether (sulfide) groups is 1. The van der Waals surface area contributed by atoms with Gasteiger partial charge in [-0.3, -0.25) is 5.43 Å². The van der Waals surface area contributed by atoms with Gasteiger partial charge in [0.15, 0.2) is 5.82 Å². The normalized spacial score (nSPS) is 13.0. The Morgan fingerprint density at radius 2 is 1.83 bits per heavy atom. The predicted molar refractivity (Wildman–Crippen MR) is 96.4 cm³/mol. The number of hydrogen-bond donors (Lipinski definition) is 1. The van der Waals surface area contributed by atoms with Crippen LogP contribution < -0.4 is 10.2 Å². The summed E-state index contributed by atoms with van der Waals surface area (Å²) in [6, 6.07) is 16.2. The number of para-hydroxylation sites is 1. The standard InChI is InChI=1S/C18H16N4OS/c1-12-7-9-13(10-8-12)15-11-24-18-20-19-17(22(18)21-15)14-5-3-4-6-16(14)23-2/h3-11,21H,1-2H3. The highest BCUT2D eigenvalue weighted by Gasteiger charge is 2.21. The largest absolute Gasteiger partial charge is 0.496 e. The lowest BCUT2D eigenvalue weighted by Gasteiger charge is -2.19. The lowest BCUT2D eigenvalue weighted by Crippen LogP contribution is -2.18. The van der Waals surface area contributed by atoms with E-state index in [0.29, 0.717) is 0 Å². The highest BCUT2D eigenvalue weighted by molar-refractivity contribution is 8.02. The summed E-state index contributed by atoms with van der Waals surface area (Å²) in [5.41, 5.74) is 7.69. The minimum absolute atomic E-state index is 0.729. The van der Waals surface area contributed by atoms with Crippen molar-refractivity contribution in [3.63, 3.8) is 0 Å². The van der Waals surface area contributed by atoms with Crippen LogP contribution in [-0.4, -0.2) is 22.0 Å². The Bertz CT molecular complexity index is 915. The molecule has 0 amide bonds. The number of ether oxygens (including phenoxy) is 1. The number of fused-ring (bicyclic) bond motifs is 1. The molecule has 0 bridgehead atoms. The van der Waals surface area contributed by atoms with E-state index in [1.807, 2.05) is 28.9 Å². The van der Waals surface area contributed by atoms with Crippen LogP contribution in [-0.2, 0) is 0 Å². The van der Waals surface area contributed by atoms with Crippen LogP contribution >= 0.6 is 11.8 Å². The van der Waals surface area contributed by atoms with Crippen molar-refractivity contribution in [2.24, 2.45) is 0 Å². The molecular weight excluding hydrogens is 320 g/mol. The second-order valence-electron chi connectivity index (χ2n) is 5.47. The predicted octanol–water partition coefficient (Wildman–Crippen LogP) is 3.91. The Morgan fingerprint density at radius 3 is 2.62 bits per heavy atom. The molecule has 5 nitrogen and oxygen atoms in total. The molecule has 3 aromatic rings. The molecule has 24 heavy (non-hydrogen) atoms. The maximum absolute atomic E-state index is 5.45. The second kappa shape index (κ2) is 6.05. The van der Waals surface area contributed by atoms with Crippen molar-refractivity contribution in [3.05, 3.63) is 65.1 Å². The molecule has 0 unspecified atom stereocenters. The molecule has 0 spiro atoms. The quantitative estimate of drug-likeness (QED) is 0.786. The first-order valence-electron chi connectivity index (χ1n) is 7.56. The van der Waals surface area contributed by atoms with E-state index >= 15 is 0 Å². The van der Waals surface area contributed by atoms with Gasteiger partial charge in [0.05, 0.1) is 18.4 Å².